The van der Waals surface area contributed by atoms with E-state index in [2.05, 4.69) is 10.2 Å². The molecule has 0 atom stereocenters. The highest BCUT2D eigenvalue weighted by Gasteiger charge is 2.04. The fourth-order valence-electron chi connectivity index (χ4n) is 1.01. The molecule has 0 fully saturated rings. The van der Waals surface area contributed by atoms with E-state index in [4.69, 9.17) is 21.1 Å². The second-order valence-electron chi connectivity index (χ2n) is 2.77. The Labute approximate surface area is 88.0 Å². The number of hydrogen-bond acceptors (Lipinski definition) is 4. The van der Waals surface area contributed by atoms with Crippen LogP contribution in [-0.2, 0) is 16.0 Å². The van der Waals surface area contributed by atoms with Crippen molar-refractivity contribution >= 4 is 11.6 Å². The minimum atomic E-state index is 0.401. The highest BCUT2D eigenvalue weighted by molar-refractivity contribution is 6.28. The van der Waals surface area contributed by atoms with Gasteiger partial charge in [0.1, 0.15) is 5.82 Å². The molecular weight excluding hydrogens is 206 g/mol. The second-order valence-corrected chi connectivity index (χ2v) is 3.11. The first kappa shape index (κ1) is 11.4. The third-order valence-electron chi connectivity index (χ3n) is 1.78. The summed E-state index contributed by atoms with van der Waals surface area (Å²) >= 11 is 5.79. The summed E-state index contributed by atoms with van der Waals surface area (Å²) in [6, 6.07) is 0. The Morgan fingerprint density at radius 3 is 2.64 bits per heavy atom. The minimum absolute atomic E-state index is 0.401. The summed E-state index contributed by atoms with van der Waals surface area (Å²) in [6.45, 7) is 4.31. The van der Waals surface area contributed by atoms with Crippen molar-refractivity contribution in [2.75, 3.05) is 26.9 Å². The van der Waals surface area contributed by atoms with Crippen LogP contribution in [-0.4, -0.2) is 41.7 Å². The molecule has 0 saturated heterocycles. The van der Waals surface area contributed by atoms with Gasteiger partial charge in [-0.3, -0.25) is 4.57 Å². The summed E-state index contributed by atoms with van der Waals surface area (Å²) in [7, 11) is 1.64. The second kappa shape index (κ2) is 5.95. The fourth-order valence-corrected chi connectivity index (χ4v) is 1.25. The number of hydrogen-bond donors (Lipinski definition) is 0. The Kier molecular flexibility index (Phi) is 4.86. The normalized spacial score (nSPS) is 10.8. The van der Waals surface area contributed by atoms with Gasteiger partial charge in [-0.05, 0) is 18.5 Å². The maximum atomic E-state index is 5.79. The van der Waals surface area contributed by atoms with Crippen LogP contribution in [0.5, 0.6) is 0 Å². The number of methoxy groups -OCH3 is 1. The van der Waals surface area contributed by atoms with E-state index in [1.807, 2.05) is 6.92 Å². The van der Waals surface area contributed by atoms with Gasteiger partial charge in [-0.15, -0.1) is 10.2 Å². The molecule has 0 aliphatic rings. The van der Waals surface area contributed by atoms with Crippen molar-refractivity contribution in [2.45, 2.75) is 13.5 Å². The lowest BCUT2D eigenvalue weighted by Crippen LogP contribution is -2.10. The molecule has 80 valence electrons. The maximum absolute atomic E-state index is 5.79. The van der Waals surface area contributed by atoms with Crippen LogP contribution in [0, 0.1) is 6.92 Å². The van der Waals surface area contributed by atoms with Crippen LogP contribution in [0.15, 0.2) is 0 Å². The molecule has 0 aliphatic carbocycles. The van der Waals surface area contributed by atoms with Crippen LogP contribution < -0.4 is 0 Å². The van der Waals surface area contributed by atoms with Crippen molar-refractivity contribution in [3.63, 3.8) is 0 Å². The molecule has 0 unspecified atom stereocenters. The molecule has 0 bridgehead atoms. The summed E-state index contributed by atoms with van der Waals surface area (Å²) in [4.78, 5) is 0. The molecule has 5 nitrogen and oxygen atoms in total. The van der Waals surface area contributed by atoms with E-state index >= 15 is 0 Å². The van der Waals surface area contributed by atoms with Gasteiger partial charge in [-0.1, -0.05) is 0 Å². The molecule has 0 aliphatic heterocycles. The largest absolute Gasteiger partial charge is 0.382 e. The minimum Gasteiger partial charge on any atom is -0.382 e. The van der Waals surface area contributed by atoms with Gasteiger partial charge >= 0.3 is 0 Å². The van der Waals surface area contributed by atoms with Crippen LogP contribution in [0.25, 0.3) is 0 Å². The van der Waals surface area contributed by atoms with Gasteiger partial charge in [0.15, 0.2) is 0 Å². The van der Waals surface area contributed by atoms with Gasteiger partial charge in [0.25, 0.3) is 0 Å². The number of aromatic nitrogens is 3. The smallest absolute Gasteiger partial charge is 0.225 e. The summed E-state index contributed by atoms with van der Waals surface area (Å²) in [5.41, 5.74) is 0. The molecule has 0 saturated carbocycles. The predicted octanol–water partition coefficient (Wildman–Crippen LogP) is 0.903. The van der Waals surface area contributed by atoms with Gasteiger partial charge in [0.05, 0.1) is 26.4 Å². The van der Waals surface area contributed by atoms with Crippen LogP contribution in [0.4, 0.5) is 0 Å². The van der Waals surface area contributed by atoms with E-state index in [1.54, 1.807) is 11.7 Å². The molecule has 1 heterocycles. The van der Waals surface area contributed by atoms with Crippen molar-refractivity contribution in [3.05, 3.63) is 11.1 Å². The summed E-state index contributed by atoms with van der Waals surface area (Å²) in [5.74, 6) is 0.797. The number of rotatable bonds is 6. The molecule has 0 spiro atoms. The van der Waals surface area contributed by atoms with E-state index in [0.29, 0.717) is 31.6 Å². The Morgan fingerprint density at radius 2 is 2.07 bits per heavy atom. The van der Waals surface area contributed by atoms with E-state index in [0.717, 1.165) is 5.82 Å². The molecular formula is C8H14ClN3O2. The molecule has 0 radical (unpaired) electrons. The molecule has 6 heteroatoms. The highest BCUT2D eigenvalue weighted by Crippen LogP contribution is 2.06. The van der Waals surface area contributed by atoms with Crippen LogP contribution in [0.2, 0.25) is 5.28 Å². The first-order chi connectivity index (χ1) is 6.75. The number of nitrogens with zero attached hydrogens (tertiary/aromatic N) is 3. The van der Waals surface area contributed by atoms with Gasteiger partial charge in [-0.25, -0.2) is 0 Å². The lowest BCUT2D eigenvalue weighted by atomic mass is 10.6. The molecule has 0 aromatic carbocycles. The van der Waals surface area contributed by atoms with Gasteiger partial charge < -0.3 is 9.47 Å². The Hall–Kier alpha value is -0.650. The Bertz CT molecular complexity index is 258. The number of aryl methyl sites for hydroxylation is 1. The highest BCUT2D eigenvalue weighted by atomic mass is 35.5. The molecule has 14 heavy (non-hydrogen) atoms. The Morgan fingerprint density at radius 1 is 1.29 bits per heavy atom. The maximum Gasteiger partial charge on any atom is 0.225 e. The first-order valence-electron chi connectivity index (χ1n) is 4.37. The zero-order valence-electron chi connectivity index (χ0n) is 8.36. The van der Waals surface area contributed by atoms with E-state index in [1.165, 1.54) is 0 Å². The average Bonchev–Trinajstić information content (AvgIpc) is 2.48. The quantitative estimate of drug-likeness (QED) is 0.668. The average molecular weight is 220 g/mol. The third kappa shape index (κ3) is 3.25. The molecule has 1 aromatic heterocycles. The summed E-state index contributed by atoms with van der Waals surface area (Å²) < 4.78 is 11.9. The number of halogens is 1. The van der Waals surface area contributed by atoms with Crippen LogP contribution in [0.3, 0.4) is 0 Å². The monoisotopic (exact) mass is 219 g/mol. The lowest BCUT2D eigenvalue weighted by molar-refractivity contribution is 0.0664. The SMILES string of the molecule is COCCOCCn1c(C)nnc1Cl. The van der Waals surface area contributed by atoms with Crippen LogP contribution in [0.1, 0.15) is 5.82 Å². The molecule has 1 aromatic rings. The van der Waals surface area contributed by atoms with E-state index < -0.39 is 0 Å². The van der Waals surface area contributed by atoms with Gasteiger partial charge in [-0.2, -0.15) is 0 Å². The van der Waals surface area contributed by atoms with Crippen molar-refractivity contribution in [1.29, 1.82) is 0 Å². The topological polar surface area (TPSA) is 49.2 Å². The lowest BCUT2D eigenvalue weighted by Gasteiger charge is -2.05. The number of ether oxygens (including phenoxy) is 2. The van der Waals surface area contributed by atoms with Crippen molar-refractivity contribution < 1.29 is 9.47 Å². The zero-order chi connectivity index (χ0) is 10.4. The Balaban J connectivity index is 2.24. The molecule has 0 amide bonds. The predicted molar refractivity (Wildman–Crippen MR) is 52.5 cm³/mol. The van der Waals surface area contributed by atoms with Crippen molar-refractivity contribution in [1.82, 2.24) is 14.8 Å². The van der Waals surface area contributed by atoms with E-state index in [9.17, 15) is 0 Å². The van der Waals surface area contributed by atoms with Crippen molar-refractivity contribution in [2.24, 2.45) is 0 Å². The van der Waals surface area contributed by atoms with Crippen LogP contribution >= 0.6 is 11.6 Å². The zero-order valence-corrected chi connectivity index (χ0v) is 9.12. The fraction of sp³-hybridized carbons (Fsp3) is 0.750. The summed E-state index contributed by atoms with van der Waals surface area (Å²) in [6.07, 6.45) is 0. The standard InChI is InChI=1S/C8H14ClN3O2/c1-7-10-11-8(9)12(7)3-4-14-6-5-13-2/h3-6H2,1-2H3. The van der Waals surface area contributed by atoms with Gasteiger partial charge in [0, 0.05) is 7.11 Å². The van der Waals surface area contributed by atoms with Gasteiger partial charge in [0.2, 0.25) is 5.28 Å². The van der Waals surface area contributed by atoms with Crippen molar-refractivity contribution in [3.8, 4) is 0 Å². The third-order valence-corrected chi connectivity index (χ3v) is 2.06. The van der Waals surface area contributed by atoms with E-state index in [-0.39, 0.29) is 0 Å². The first-order valence-corrected chi connectivity index (χ1v) is 4.75. The molecule has 1 rings (SSSR count). The summed E-state index contributed by atoms with van der Waals surface area (Å²) in [5, 5.41) is 7.96. The molecule has 0 N–H and O–H groups in total.